The summed E-state index contributed by atoms with van der Waals surface area (Å²) in [4.78, 5) is 21.7. The van der Waals surface area contributed by atoms with Crippen LogP contribution in [0.25, 0.3) is 10.9 Å². The number of carbonyl (C=O) groups excluding carboxylic acids is 1. The molecule has 1 heterocycles. The fraction of sp³-hybridized carbons (Fsp3) is 0. The number of aromatic carboxylic acids is 1. The van der Waals surface area contributed by atoms with E-state index in [0.717, 1.165) is 0 Å². The lowest BCUT2D eigenvalue weighted by atomic mass is 10.1. The van der Waals surface area contributed by atoms with Gasteiger partial charge in [0.1, 0.15) is 0 Å². The van der Waals surface area contributed by atoms with Gasteiger partial charge in [0.15, 0.2) is 5.69 Å². The van der Waals surface area contributed by atoms with Crippen molar-refractivity contribution in [2.75, 3.05) is 0 Å². The van der Waals surface area contributed by atoms with Crippen LogP contribution in [0.1, 0.15) is 20.8 Å². The number of aromatic nitrogens is 2. The molecule has 0 saturated heterocycles. The maximum Gasteiger partial charge on any atom is 0.357 e. The van der Waals surface area contributed by atoms with E-state index in [1.165, 1.54) is 12.1 Å². The number of nitrogens with one attached hydrogen (secondary N) is 1. The Hall–Kier alpha value is -2.37. The number of nitrogens with two attached hydrogens (primary N) is 1. The van der Waals surface area contributed by atoms with Crippen LogP contribution in [0, 0.1) is 0 Å². The molecule has 0 spiro atoms. The van der Waals surface area contributed by atoms with Crippen molar-refractivity contribution in [3.8, 4) is 0 Å². The van der Waals surface area contributed by atoms with Crippen LogP contribution in [0.4, 0.5) is 0 Å². The molecule has 0 aliphatic carbocycles. The summed E-state index contributed by atoms with van der Waals surface area (Å²) in [7, 11) is 0. The minimum absolute atomic E-state index is 0.117. The number of carbonyl (C=O) groups is 2. The average Bonchev–Trinajstić information content (AvgIpc) is 2.59. The molecule has 0 atom stereocenters. The molecule has 6 nitrogen and oxygen atoms in total. The van der Waals surface area contributed by atoms with E-state index in [4.69, 9.17) is 10.8 Å². The second-order valence-electron chi connectivity index (χ2n) is 3.00. The molecule has 1 amide bonds. The van der Waals surface area contributed by atoms with Crippen LogP contribution in [-0.2, 0) is 0 Å². The van der Waals surface area contributed by atoms with Gasteiger partial charge >= 0.3 is 5.97 Å². The first-order valence-electron chi connectivity index (χ1n) is 4.11. The lowest BCUT2D eigenvalue weighted by Gasteiger charge is -1.95. The number of benzene rings is 1. The van der Waals surface area contributed by atoms with Gasteiger partial charge in [-0.2, -0.15) is 5.10 Å². The molecule has 0 fully saturated rings. The largest absolute Gasteiger partial charge is 0.476 e. The van der Waals surface area contributed by atoms with Gasteiger partial charge in [0.25, 0.3) is 0 Å². The van der Waals surface area contributed by atoms with Gasteiger partial charge in [-0.3, -0.25) is 9.89 Å². The highest BCUT2D eigenvalue weighted by molar-refractivity contribution is 6.04. The van der Waals surface area contributed by atoms with Gasteiger partial charge in [0, 0.05) is 10.9 Å². The number of amides is 1. The normalized spacial score (nSPS) is 10.4. The molecular formula is C9H7N3O3. The molecular weight excluding hydrogens is 198 g/mol. The third-order valence-electron chi connectivity index (χ3n) is 2.05. The molecule has 1 aromatic heterocycles. The van der Waals surface area contributed by atoms with E-state index >= 15 is 0 Å². The van der Waals surface area contributed by atoms with Gasteiger partial charge in [-0.15, -0.1) is 0 Å². The van der Waals surface area contributed by atoms with Gasteiger partial charge in [0.2, 0.25) is 5.91 Å². The maximum atomic E-state index is 10.9. The van der Waals surface area contributed by atoms with Gasteiger partial charge in [-0.25, -0.2) is 4.79 Å². The van der Waals surface area contributed by atoms with Gasteiger partial charge in [-0.1, -0.05) is 0 Å². The fourth-order valence-corrected chi connectivity index (χ4v) is 1.33. The van der Waals surface area contributed by atoms with Crippen molar-refractivity contribution in [3.05, 3.63) is 29.5 Å². The number of fused-ring (bicyclic) bond motifs is 1. The fourth-order valence-electron chi connectivity index (χ4n) is 1.33. The van der Waals surface area contributed by atoms with Crippen molar-refractivity contribution in [1.82, 2.24) is 10.2 Å². The molecule has 0 aliphatic rings. The Morgan fingerprint density at radius 2 is 2.13 bits per heavy atom. The quantitative estimate of drug-likeness (QED) is 0.657. The molecule has 1 aromatic carbocycles. The van der Waals surface area contributed by atoms with Crippen molar-refractivity contribution in [2.45, 2.75) is 0 Å². The zero-order valence-corrected chi connectivity index (χ0v) is 7.52. The Bertz CT molecular complexity index is 559. The number of primary amides is 1. The van der Waals surface area contributed by atoms with Crippen molar-refractivity contribution >= 4 is 22.8 Å². The predicted molar refractivity (Wildman–Crippen MR) is 51.6 cm³/mol. The third-order valence-corrected chi connectivity index (χ3v) is 2.05. The summed E-state index contributed by atoms with van der Waals surface area (Å²) in [5.74, 6) is -1.75. The summed E-state index contributed by atoms with van der Waals surface area (Å²) in [6.45, 7) is 0. The Morgan fingerprint density at radius 1 is 1.40 bits per heavy atom. The van der Waals surface area contributed by atoms with E-state index < -0.39 is 11.9 Å². The second-order valence-corrected chi connectivity index (χ2v) is 3.00. The highest BCUT2D eigenvalue weighted by Crippen LogP contribution is 2.17. The van der Waals surface area contributed by atoms with E-state index in [1.54, 1.807) is 6.07 Å². The van der Waals surface area contributed by atoms with Crippen molar-refractivity contribution in [1.29, 1.82) is 0 Å². The molecule has 0 unspecified atom stereocenters. The lowest BCUT2D eigenvalue weighted by Crippen LogP contribution is -2.10. The van der Waals surface area contributed by atoms with Crippen LogP contribution in [0.15, 0.2) is 18.2 Å². The van der Waals surface area contributed by atoms with Crippen LogP contribution in [0.3, 0.4) is 0 Å². The Kier molecular flexibility index (Phi) is 1.89. The number of nitrogens with zero attached hydrogens (tertiary/aromatic N) is 1. The van der Waals surface area contributed by atoms with E-state index in [2.05, 4.69) is 10.2 Å². The SMILES string of the molecule is NC(=O)c1ccc2[nH]nc(C(=O)O)c2c1. The van der Waals surface area contributed by atoms with Crippen LogP contribution in [-0.4, -0.2) is 27.2 Å². The Labute approximate surface area is 83.7 Å². The molecule has 2 rings (SSSR count). The molecule has 0 aliphatic heterocycles. The van der Waals surface area contributed by atoms with Crippen LogP contribution >= 0.6 is 0 Å². The van der Waals surface area contributed by atoms with Gasteiger partial charge in [0.05, 0.1) is 5.52 Å². The molecule has 2 aromatic rings. The summed E-state index contributed by atoms with van der Waals surface area (Å²) < 4.78 is 0. The molecule has 4 N–H and O–H groups in total. The number of carboxylic acids is 1. The minimum Gasteiger partial charge on any atom is -0.476 e. The lowest BCUT2D eigenvalue weighted by molar-refractivity contribution is 0.0692. The molecule has 76 valence electrons. The number of hydrogen-bond donors (Lipinski definition) is 3. The van der Waals surface area contributed by atoms with Crippen LogP contribution in [0.5, 0.6) is 0 Å². The average molecular weight is 205 g/mol. The van der Waals surface area contributed by atoms with Crippen LogP contribution in [0.2, 0.25) is 0 Å². The van der Waals surface area contributed by atoms with Crippen molar-refractivity contribution < 1.29 is 14.7 Å². The van der Waals surface area contributed by atoms with Crippen LogP contribution < -0.4 is 5.73 Å². The summed E-state index contributed by atoms with van der Waals surface area (Å²) in [6.07, 6.45) is 0. The maximum absolute atomic E-state index is 10.9. The van der Waals surface area contributed by atoms with Gasteiger partial charge < -0.3 is 10.8 Å². The van der Waals surface area contributed by atoms with Gasteiger partial charge in [-0.05, 0) is 18.2 Å². The predicted octanol–water partition coefficient (Wildman–Crippen LogP) is 0.360. The van der Waals surface area contributed by atoms with E-state index in [9.17, 15) is 9.59 Å². The molecule has 15 heavy (non-hydrogen) atoms. The Balaban J connectivity index is 2.72. The van der Waals surface area contributed by atoms with Crippen molar-refractivity contribution in [2.24, 2.45) is 5.73 Å². The summed E-state index contributed by atoms with van der Waals surface area (Å²) in [5.41, 5.74) is 5.77. The van der Waals surface area contributed by atoms with E-state index in [-0.39, 0.29) is 11.3 Å². The van der Waals surface area contributed by atoms with Crippen molar-refractivity contribution in [3.63, 3.8) is 0 Å². The minimum atomic E-state index is -1.15. The topological polar surface area (TPSA) is 109 Å². The van der Waals surface area contributed by atoms with E-state index in [1.807, 2.05) is 0 Å². The summed E-state index contributed by atoms with van der Waals surface area (Å²) in [5, 5.41) is 15.3. The zero-order valence-electron chi connectivity index (χ0n) is 7.52. The standard InChI is InChI=1S/C9H7N3O3/c10-8(13)4-1-2-6-5(3-4)7(9(14)15)12-11-6/h1-3H,(H2,10,13)(H,11,12)(H,14,15). The summed E-state index contributed by atoms with van der Waals surface area (Å²) >= 11 is 0. The van der Waals surface area contributed by atoms with E-state index in [0.29, 0.717) is 10.9 Å². The first kappa shape index (κ1) is 9.20. The number of rotatable bonds is 2. The first-order chi connectivity index (χ1) is 7.09. The number of aromatic amines is 1. The Morgan fingerprint density at radius 3 is 2.73 bits per heavy atom. The highest BCUT2D eigenvalue weighted by Gasteiger charge is 2.13. The monoisotopic (exact) mass is 205 g/mol. The zero-order chi connectivity index (χ0) is 11.0. The smallest absolute Gasteiger partial charge is 0.357 e. The number of H-pyrrole nitrogens is 1. The highest BCUT2D eigenvalue weighted by atomic mass is 16.4. The molecule has 0 bridgehead atoms. The second kappa shape index (κ2) is 3.09. The first-order valence-corrected chi connectivity index (χ1v) is 4.11. The summed E-state index contributed by atoms with van der Waals surface area (Å²) in [6, 6.07) is 4.48. The number of carboxylic acid groups (broad SMARTS) is 1. The molecule has 0 radical (unpaired) electrons. The third kappa shape index (κ3) is 1.41. The molecule has 6 heteroatoms. The molecule has 0 saturated carbocycles. The number of hydrogen-bond acceptors (Lipinski definition) is 3.